The predicted molar refractivity (Wildman–Crippen MR) is 143 cm³/mol. The Labute approximate surface area is 224 Å². The molecular formula is C26H28F2N6O4S. The van der Waals surface area contributed by atoms with E-state index in [1.165, 1.54) is 13.2 Å². The van der Waals surface area contributed by atoms with E-state index in [4.69, 9.17) is 15.2 Å². The van der Waals surface area contributed by atoms with Crippen molar-refractivity contribution in [2.45, 2.75) is 17.9 Å². The highest BCUT2D eigenvalue weighted by Gasteiger charge is 2.22. The first-order valence-electron chi connectivity index (χ1n) is 12.3. The second-order valence-electron chi connectivity index (χ2n) is 9.09. The van der Waals surface area contributed by atoms with Crippen molar-refractivity contribution < 1.29 is 26.7 Å². The van der Waals surface area contributed by atoms with Gasteiger partial charge in [-0.2, -0.15) is 0 Å². The van der Waals surface area contributed by atoms with E-state index in [0.29, 0.717) is 24.1 Å². The normalized spacial score (nSPS) is 14.5. The molecule has 1 aliphatic rings. The number of benzene rings is 2. The number of aromatic nitrogens is 3. The zero-order valence-electron chi connectivity index (χ0n) is 21.2. The first-order valence-corrected chi connectivity index (χ1v) is 13.8. The van der Waals surface area contributed by atoms with E-state index in [-0.39, 0.29) is 11.6 Å². The molecule has 3 heterocycles. The Morgan fingerprint density at radius 3 is 2.62 bits per heavy atom. The quantitative estimate of drug-likeness (QED) is 0.320. The fraction of sp³-hybridized carbons (Fsp3) is 0.308. The van der Waals surface area contributed by atoms with Crippen LogP contribution in [0, 0.1) is 11.6 Å². The fourth-order valence-corrected chi connectivity index (χ4v) is 5.68. The van der Waals surface area contributed by atoms with Gasteiger partial charge in [0.2, 0.25) is 11.8 Å². The summed E-state index contributed by atoms with van der Waals surface area (Å²) in [5, 5.41) is 0. The number of hydrogen-bond acceptors (Lipinski definition) is 8. The minimum atomic E-state index is -4.40. The Bertz CT molecular complexity index is 1610. The molecule has 0 aliphatic carbocycles. The third-order valence-electron chi connectivity index (χ3n) is 6.54. The summed E-state index contributed by atoms with van der Waals surface area (Å²) in [5.41, 5.74) is 9.11. The molecule has 0 atom stereocenters. The molecule has 0 saturated carbocycles. The van der Waals surface area contributed by atoms with Crippen LogP contribution in [-0.2, 0) is 21.3 Å². The monoisotopic (exact) mass is 558 g/mol. The van der Waals surface area contributed by atoms with Crippen molar-refractivity contribution in [3.8, 4) is 17.0 Å². The summed E-state index contributed by atoms with van der Waals surface area (Å²) in [4.78, 5) is 10.4. The third-order valence-corrected chi connectivity index (χ3v) is 7.94. The number of rotatable bonds is 9. The number of ether oxygens (including phenoxy) is 2. The Hall–Kier alpha value is -3.81. The predicted octanol–water partition coefficient (Wildman–Crippen LogP) is 3.49. The van der Waals surface area contributed by atoms with Gasteiger partial charge in [-0.25, -0.2) is 27.2 Å². The Morgan fingerprint density at radius 1 is 1.08 bits per heavy atom. The molecule has 0 bridgehead atoms. The van der Waals surface area contributed by atoms with E-state index in [1.807, 2.05) is 22.8 Å². The lowest BCUT2D eigenvalue weighted by Crippen LogP contribution is -2.37. The minimum absolute atomic E-state index is 0.00245. The summed E-state index contributed by atoms with van der Waals surface area (Å²) < 4.78 is 68.2. The number of methoxy groups -OCH3 is 1. The van der Waals surface area contributed by atoms with Crippen molar-refractivity contribution in [3.63, 3.8) is 0 Å². The molecule has 4 aromatic rings. The van der Waals surface area contributed by atoms with Crippen molar-refractivity contribution >= 4 is 32.7 Å². The largest absolute Gasteiger partial charge is 0.480 e. The van der Waals surface area contributed by atoms with Crippen molar-refractivity contribution in [2.75, 3.05) is 50.4 Å². The van der Waals surface area contributed by atoms with E-state index in [0.717, 1.165) is 68.0 Å². The van der Waals surface area contributed by atoms with Crippen LogP contribution in [0.2, 0.25) is 0 Å². The lowest BCUT2D eigenvalue weighted by molar-refractivity contribution is 0.0370. The Balaban J connectivity index is 1.42. The van der Waals surface area contributed by atoms with Gasteiger partial charge in [0.05, 0.1) is 31.4 Å². The van der Waals surface area contributed by atoms with Crippen LogP contribution in [0.5, 0.6) is 5.88 Å². The molecule has 3 N–H and O–H groups in total. The number of fused-ring (bicyclic) bond motifs is 1. The van der Waals surface area contributed by atoms with Gasteiger partial charge in [0, 0.05) is 44.0 Å². The highest BCUT2D eigenvalue weighted by molar-refractivity contribution is 7.92. The number of hydrogen-bond donors (Lipinski definition) is 2. The number of anilines is 2. The molecule has 1 fully saturated rings. The molecule has 1 saturated heterocycles. The highest BCUT2D eigenvalue weighted by Crippen LogP contribution is 2.32. The number of halogens is 2. The molecule has 39 heavy (non-hydrogen) atoms. The molecular weight excluding hydrogens is 530 g/mol. The number of nitrogens with two attached hydrogens (primary N) is 1. The van der Waals surface area contributed by atoms with Gasteiger partial charge in [-0.05, 0) is 42.3 Å². The van der Waals surface area contributed by atoms with E-state index in [9.17, 15) is 17.2 Å². The van der Waals surface area contributed by atoms with Crippen molar-refractivity contribution in [1.82, 2.24) is 19.4 Å². The Morgan fingerprint density at radius 2 is 1.87 bits per heavy atom. The van der Waals surface area contributed by atoms with Gasteiger partial charge in [0.1, 0.15) is 22.2 Å². The molecule has 2 aromatic carbocycles. The molecule has 0 amide bonds. The van der Waals surface area contributed by atoms with Crippen LogP contribution in [0.3, 0.4) is 0 Å². The van der Waals surface area contributed by atoms with Crippen molar-refractivity contribution in [1.29, 1.82) is 0 Å². The number of aryl methyl sites for hydroxylation is 1. The average molecular weight is 559 g/mol. The zero-order chi connectivity index (χ0) is 27.6. The van der Waals surface area contributed by atoms with Crippen LogP contribution in [0.15, 0.2) is 53.6 Å². The van der Waals surface area contributed by atoms with Crippen LogP contribution in [-0.4, -0.2) is 67.8 Å². The number of morpholine rings is 1. The van der Waals surface area contributed by atoms with Gasteiger partial charge in [0.25, 0.3) is 10.0 Å². The van der Waals surface area contributed by atoms with Gasteiger partial charge < -0.3 is 19.8 Å². The topological polar surface area (TPSA) is 125 Å². The number of nitrogens with zero attached hydrogens (tertiary/aromatic N) is 4. The summed E-state index contributed by atoms with van der Waals surface area (Å²) in [6.45, 7) is 4.91. The molecule has 10 nitrogen and oxygen atoms in total. The number of nitrogens with one attached hydrogen (secondary N) is 1. The molecule has 0 unspecified atom stereocenters. The first kappa shape index (κ1) is 26.8. The molecule has 13 heteroatoms. The van der Waals surface area contributed by atoms with Gasteiger partial charge in [0.15, 0.2) is 0 Å². The summed E-state index contributed by atoms with van der Waals surface area (Å²) in [7, 11) is -3.07. The number of sulfonamides is 1. The van der Waals surface area contributed by atoms with Crippen LogP contribution in [0.1, 0.15) is 6.42 Å². The zero-order valence-corrected chi connectivity index (χ0v) is 22.0. The van der Waals surface area contributed by atoms with Crippen LogP contribution >= 0.6 is 0 Å². The molecule has 5 rings (SSSR count). The summed E-state index contributed by atoms with van der Waals surface area (Å²) in [6.07, 6.45) is 2.43. The van der Waals surface area contributed by atoms with Crippen LogP contribution < -0.4 is 15.2 Å². The highest BCUT2D eigenvalue weighted by atomic mass is 32.2. The summed E-state index contributed by atoms with van der Waals surface area (Å²) in [5.74, 6) is -1.70. The lowest BCUT2D eigenvalue weighted by atomic mass is 10.1. The van der Waals surface area contributed by atoms with E-state index < -0.39 is 26.6 Å². The third kappa shape index (κ3) is 5.79. The summed E-state index contributed by atoms with van der Waals surface area (Å²) >= 11 is 0. The number of imidazole rings is 1. The second kappa shape index (κ2) is 11.1. The fourth-order valence-electron chi connectivity index (χ4n) is 4.57. The minimum Gasteiger partial charge on any atom is -0.480 e. The number of pyridine rings is 1. The van der Waals surface area contributed by atoms with E-state index >= 15 is 0 Å². The second-order valence-corrected chi connectivity index (χ2v) is 10.7. The lowest BCUT2D eigenvalue weighted by Gasteiger charge is -2.26. The van der Waals surface area contributed by atoms with Gasteiger partial charge >= 0.3 is 0 Å². The molecule has 0 radical (unpaired) electrons. The van der Waals surface area contributed by atoms with Gasteiger partial charge in [-0.15, -0.1) is 0 Å². The van der Waals surface area contributed by atoms with Crippen molar-refractivity contribution in [2.24, 2.45) is 0 Å². The maximum atomic E-state index is 14.2. The molecule has 206 valence electrons. The van der Waals surface area contributed by atoms with Crippen LogP contribution in [0.4, 0.5) is 20.4 Å². The smallest absolute Gasteiger partial charge is 0.264 e. The van der Waals surface area contributed by atoms with E-state index in [2.05, 4.69) is 19.6 Å². The standard InChI is InChI=1S/C26H28F2N6O4S/c1-37-25-22(32-39(35,36)24-6-4-19(27)15-20(24)28)13-18(16-30-25)17-3-5-21-23(14-17)34(26(29)31-21)8-2-7-33-9-11-38-12-10-33/h3-6,13-16,32H,2,7-12H2,1H3,(H2,29,31). The van der Waals surface area contributed by atoms with Crippen molar-refractivity contribution in [3.05, 3.63) is 60.3 Å². The SMILES string of the molecule is COc1ncc(-c2ccc3nc(N)n(CCCN4CCOCC4)c3c2)cc1NS(=O)(=O)c1ccc(F)cc1F. The molecule has 2 aromatic heterocycles. The number of nitrogen functional groups attached to an aromatic ring is 1. The maximum Gasteiger partial charge on any atom is 0.264 e. The first-order chi connectivity index (χ1) is 18.7. The Kier molecular flexibility index (Phi) is 7.64. The van der Waals surface area contributed by atoms with Gasteiger partial charge in [-0.1, -0.05) is 6.07 Å². The van der Waals surface area contributed by atoms with E-state index in [1.54, 1.807) is 6.20 Å². The maximum absolute atomic E-state index is 14.2. The summed E-state index contributed by atoms with van der Waals surface area (Å²) in [6, 6.07) is 9.34. The van der Waals surface area contributed by atoms with Crippen LogP contribution in [0.25, 0.3) is 22.2 Å². The molecule has 0 spiro atoms. The average Bonchev–Trinajstić information content (AvgIpc) is 3.23. The molecule has 1 aliphatic heterocycles. The van der Waals surface area contributed by atoms with Gasteiger partial charge in [-0.3, -0.25) is 9.62 Å².